The monoisotopic (exact) mass is 427 g/mol. The van der Waals surface area contributed by atoms with Crippen LogP contribution in [-0.4, -0.2) is 28.0 Å². The summed E-state index contributed by atoms with van der Waals surface area (Å²) in [5.41, 5.74) is 2.78. The zero-order valence-electron chi connectivity index (χ0n) is 16.3. The normalized spacial score (nSPS) is 11.0. The molecule has 0 unspecified atom stereocenters. The molecule has 4 aromatic rings. The smallest absolute Gasteiger partial charge is 0.350 e. The number of carbonyl (C=O) groups is 2. The van der Waals surface area contributed by atoms with Gasteiger partial charge in [0.2, 0.25) is 0 Å². The SMILES string of the molecule is CCOC(=O)c1sc(NC(=O)c2cc3occc3n2Cc2cccc(F)c2)nc1C. The second-order valence-electron chi connectivity index (χ2n) is 6.52. The summed E-state index contributed by atoms with van der Waals surface area (Å²) in [6, 6.07) is 9.56. The highest BCUT2D eigenvalue weighted by molar-refractivity contribution is 7.17. The predicted molar refractivity (Wildman–Crippen MR) is 110 cm³/mol. The molecule has 0 spiro atoms. The third-order valence-corrected chi connectivity index (χ3v) is 5.52. The van der Waals surface area contributed by atoms with Crippen molar-refractivity contribution in [1.82, 2.24) is 9.55 Å². The molecule has 154 valence electrons. The molecule has 0 fully saturated rings. The fourth-order valence-electron chi connectivity index (χ4n) is 3.15. The van der Waals surface area contributed by atoms with Crippen molar-refractivity contribution in [3.05, 3.63) is 70.3 Å². The van der Waals surface area contributed by atoms with Crippen molar-refractivity contribution in [2.24, 2.45) is 0 Å². The van der Waals surface area contributed by atoms with E-state index in [9.17, 15) is 14.0 Å². The number of nitrogens with one attached hydrogen (secondary N) is 1. The minimum atomic E-state index is -0.472. The molecule has 1 amide bonds. The summed E-state index contributed by atoms with van der Waals surface area (Å²) in [7, 11) is 0. The molecule has 0 aliphatic rings. The van der Waals surface area contributed by atoms with E-state index < -0.39 is 11.9 Å². The molecular formula is C21H18FN3O4S. The van der Waals surface area contributed by atoms with Gasteiger partial charge in [0.15, 0.2) is 10.7 Å². The Bertz CT molecular complexity index is 1240. The van der Waals surface area contributed by atoms with Crippen molar-refractivity contribution >= 4 is 39.4 Å². The first kappa shape index (κ1) is 19.8. The van der Waals surface area contributed by atoms with Gasteiger partial charge in [0.1, 0.15) is 16.4 Å². The third-order valence-electron chi connectivity index (χ3n) is 4.46. The first-order valence-electron chi connectivity index (χ1n) is 9.23. The first-order valence-corrected chi connectivity index (χ1v) is 10.0. The highest BCUT2D eigenvalue weighted by Gasteiger charge is 2.21. The van der Waals surface area contributed by atoms with Crippen LogP contribution in [0.25, 0.3) is 11.1 Å². The molecular weight excluding hydrogens is 409 g/mol. The summed E-state index contributed by atoms with van der Waals surface area (Å²) >= 11 is 1.05. The summed E-state index contributed by atoms with van der Waals surface area (Å²) < 4.78 is 25.8. The number of carbonyl (C=O) groups excluding carboxylic acids is 2. The maximum Gasteiger partial charge on any atom is 0.350 e. The quantitative estimate of drug-likeness (QED) is 0.454. The zero-order chi connectivity index (χ0) is 21.3. The van der Waals surface area contributed by atoms with Gasteiger partial charge in [-0.2, -0.15) is 0 Å². The van der Waals surface area contributed by atoms with E-state index in [1.165, 1.54) is 18.4 Å². The first-order chi connectivity index (χ1) is 14.5. The van der Waals surface area contributed by atoms with Crippen molar-refractivity contribution < 1.29 is 23.1 Å². The number of amides is 1. The number of hydrogen-bond donors (Lipinski definition) is 1. The van der Waals surface area contributed by atoms with E-state index in [0.717, 1.165) is 11.3 Å². The number of anilines is 1. The maximum absolute atomic E-state index is 13.6. The number of thiazole rings is 1. The van der Waals surface area contributed by atoms with E-state index in [-0.39, 0.29) is 24.1 Å². The largest absolute Gasteiger partial charge is 0.463 e. The van der Waals surface area contributed by atoms with E-state index in [1.807, 2.05) is 0 Å². The summed E-state index contributed by atoms with van der Waals surface area (Å²) in [6.45, 7) is 3.94. The van der Waals surface area contributed by atoms with Crippen LogP contribution >= 0.6 is 11.3 Å². The highest BCUT2D eigenvalue weighted by Crippen LogP contribution is 2.26. The topological polar surface area (TPSA) is 86.4 Å². The molecule has 0 aliphatic carbocycles. The van der Waals surface area contributed by atoms with Gasteiger partial charge in [0.25, 0.3) is 5.91 Å². The van der Waals surface area contributed by atoms with E-state index in [2.05, 4.69) is 10.3 Å². The lowest BCUT2D eigenvalue weighted by Gasteiger charge is -2.10. The number of nitrogens with zero attached hydrogens (tertiary/aromatic N) is 2. The lowest BCUT2D eigenvalue weighted by molar-refractivity contribution is 0.0531. The number of fused-ring (bicyclic) bond motifs is 1. The van der Waals surface area contributed by atoms with Gasteiger partial charge in [0, 0.05) is 18.7 Å². The van der Waals surface area contributed by atoms with E-state index >= 15 is 0 Å². The Kier molecular flexibility index (Phi) is 5.37. The minimum absolute atomic E-state index is 0.254. The molecule has 0 saturated heterocycles. The Morgan fingerprint density at radius 2 is 2.13 bits per heavy atom. The molecule has 0 aliphatic heterocycles. The lowest BCUT2D eigenvalue weighted by atomic mass is 10.2. The average Bonchev–Trinajstić information content (AvgIpc) is 3.38. The van der Waals surface area contributed by atoms with Crippen molar-refractivity contribution in [3.63, 3.8) is 0 Å². The molecule has 4 rings (SSSR count). The third kappa shape index (κ3) is 3.84. The molecule has 0 radical (unpaired) electrons. The van der Waals surface area contributed by atoms with Crippen LogP contribution in [0.15, 0.2) is 47.1 Å². The Labute approximate surface area is 175 Å². The van der Waals surface area contributed by atoms with Crippen LogP contribution in [0.4, 0.5) is 9.52 Å². The molecule has 7 nitrogen and oxygen atoms in total. The average molecular weight is 427 g/mol. The van der Waals surface area contributed by atoms with Crippen LogP contribution in [0, 0.1) is 12.7 Å². The molecule has 0 bridgehead atoms. The lowest BCUT2D eigenvalue weighted by Crippen LogP contribution is -2.17. The van der Waals surface area contributed by atoms with Crippen molar-refractivity contribution in [1.29, 1.82) is 0 Å². The van der Waals surface area contributed by atoms with Crippen LogP contribution in [0.3, 0.4) is 0 Å². The van der Waals surface area contributed by atoms with Crippen LogP contribution < -0.4 is 5.32 Å². The van der Waals surface area contributed by atoms with Crippen LogP contribution in [0.5, 0.6) is 0 Å². The summed E-state index contributed by atoms with van der Waals surface area (Å²) in [6.07, 6.45) is 1.53. The standard InChI is InChI=1S/C21H18FN3O4S/c1-3-28-20(27)18-12(2)23-21(30-18)24-19(26)16-10-17-15(7-8-29-17)25(16)11-13-5-4-6-14(22)9-13/h4-10H,3,11H2,1-2H3,(H,23,24,26). The molecule has 9 heteroatoms. The van der Waals surface area contributed by atoms with E-state index in [0.29, 0.717) is 32.9 Å². The number of halogens is 1. The minimum Gasteiger partial charge on any atom is -0.463 e. The van der Waals surface area contributed by atoms with Gasteiger partial charge in [0.05, 0.1) is 24.1 Å². The van der Waals surface area contributed by atoms with Crippen molar-refractivity contribution in [2.45, 2.75) is 20.4 Å². The van der Waals surface area contributed by atoms with Crippen LogP contribution in [0.1, 0.15) is 38.3 Å². The van der Waals surface area contributed by atoms with Gasteiger partial charge < -0.3 is 13.7 Å². The van der Waals surface area contributed by atoms with Gasteiger partial charge in [-0.3, -0.25) is 10.1 Å². The second-order valence-corrected chi connectivity index (χ2v) is 7.52. The number of esters is 1. The van der Waals surface area contributed by atoms with Crippen LogP contribution in [-0.2, 0) is 11.3 Å². The molecule has 1 aromatic carbocycles. The number of ether oxygens (including phenoxy) is 1. The number of hydrogen-bond acceptors (Lipinski definition) is 6. The predicted octanol–water partition coefficient (Wildman–Crippen LogP) is 4.62. The molecule has 3 heterocycles. The second kappa shape index (κ2) is 8.11. The summed E-state index contributed by atoms with van der Waals surface area (Å²) in [4.78, 5) is 29.6. The Morgan fingerprint density at radius 1 is 1.30 bits per heavy atom. The van der Waals surface area contributed by atoms with Crippen LogP contribution in [0.2, 0.25) is 0 Å². The molecule has 3 aromatic heterocycles. The molecule has 0 saturated carbocycles. The highest BCUT2D eigenvalue weighted by atomic mass is 32.1. The van der Waals surface area contributed by atoms with Gasteiger partial charge in [-0.1, -0.05) is 23.5 Å². The molecule has 0 atom stereocenters. The number of aromatic nitrogens is 2. The number of furan rings is 1. The van der Waals surface area contributed by atoms with Gasteiger partial charge in [-0.15, -0.1) is 0 Å². The Balaban J connectivity index is 1.63. The fraction of sp³-hybridized carbons (Fsp3) is 0.190. The van der Waals surface area contributed by atoms with Gasteiger partial charge >= 0.3 is 5.97 Å². The number of rotatable bonds is 6. The van der Waals surface area contributed by atoms with Gasteiger partial charge in [-0.05, 0) is 31.5 Å². The van der Waals surface area contributed by atoms with E-state index in [1.54, 1.807) is 42.7 Å². The Hall–Kier alpha value is -3.46. The fourth-order valence-corrected chi connectivity index (χ4v) is 4.01. The number of benzene rings is 1. The molecule has 1 N–H and O–H groups in total. The van der Waals surface area contributed by atoms with E-state index in [4.69, 9.17) is 9.15 Å². The van der Waals surface area contributed by atoms with Gasteiger partial charge in [-0.25, -0.2) is 14.2 Å². The summed E-state index contributed by atoms with van der Waals surface area (Å²) in [5, 5.41) is 3.02. The van der Waals surface area contributed by atoms with Crippen molar-refractivity contribution in [3.8, 4) is 0 Å². The molecule has 30 heavy (non-hydrogen) atoms. The Morgan fingerprint density at radius 3 is 2.90 bits per heavy atom. The zero-order valence-corrected chi connectivity index (χ0v) is 17.1. The number of aryl methyl sites for hydroxylation is 1. The maximum atomic E-state index is 13.6. The summed E-state index contributed by atoms with van der Waals surface area (Å²) in [5.74, 6) is -1.24. The van der Waals surface area contributed by atoms with Crippen molar-refractivity contribution in [2.75, 3.05) is 11.9 Å².